The number of hydrogen-bond acceptors (Lipinski definition) is 1. The Kier molecular flexibility index (Phi) is 3.35. The molecule has 0 atom stereocenters. The molecular weight excluding hydrogens is 258 g/mol. The molecular formula is C9H5BrF2O2. The van der Waals surface area contributed by atoms with Crippen molar-refractivity contribution < 1.29 is 18.7 Å². The number of hydrogen-bond donors (Lipinski definition) is 1. The molecule has 5 heteroatoms. The molecule has 0 saturated carbocycles. The van der Waals surface area contributed by atoms with Crippen LogP contribution in [0.4, 0.5) is 8.78 Å². The highest BCUT2D eigenvalue weighted by Crippen LogP contribution is 2.23. The SMILES string of the molecule is O=C(O)/C=C/c1cc(F)cc(F)c1Br. The third kappa shape index (κ3) is 2.63. The molecule has 0 bridgehead atoms. The molecule has 0 aromatic heterocycles. The maximum Gasteiger partial charge on any atom is 0.328 e. The van der Waals surface area contributed by atoms with Crippen LogP contribution < -0.4 is 0 Å². The highest BCUT2D eigenvalue weighted by Gasteiger charge is 2.06. The van der Waals surface area contributed by atoms with Crippen molar-refractivity contribution in [2.24, 2.45) is 0 Å². The number of rotatable bonds is 2. The van der Waals surface area contributed by atoms with E-state index in [9.17, 15) is 13.6 Å². The van der Waals surface area contributed by atoms with Gasteiger partial charge < -0.3 is 5.11 Å². The number of halogens is 3. The van der Waals surface area contributed by atoms with Gasteiger partial charge >= 0.3 is 5.97 Å². The van der Waals surface area contributed by atoms with E-state index in [4.69, 9.17) is 5.11 Å². The van der Waals surface area contributed by atoms with Crippen LogP contribution in [0.3, 0.4) is 0 Å². The smallest absolute Gasteiger partial charge is 0.328 e. The summed E-state index contributed by atoms with van der Waals surface area (Å²) in [5.74, 6) is -2.70. The van der Waals surface area contributed by atoms with Crippen molar-refractivity contribution in [2.75, 3.05) is 0 Å². The molecule has 1 N–H and O–H groups in total. The largest absolute Gasteiger partial charge is 0.478 e. The van der Waals surface area contributed by atoms with Crippen LogP contribution >= 0.6 is 15.9 Å². The van der Waals surface area contributed by atoms with Gasteiger partial charge in [-0.1, -0.05) is 0 Å². The molecule has 0 radical (unpaired) electrons. The maximum absolute atomic E-state index is 12.9. The van der Waals surface area contributed by atoms with Gasteiger partial charge in [-0.25, -0.2) is 13.6 Å². The first-order valence-electron chi connectivity index (χ1n) is 3.56. The fourth-order valence-electron chi connectivity index (χ4n) is 0.858. The zero-order chi connectivity index (χ0) is 10.7. The first-order valence-corrected chi connectivity index (χ1v) is 4.35. The number of aliphatic carboxylic acids is 1. The summed E-state index contributed by atoms with van der Waals surface area (Å²) in [6.07, 6.45) is 1.91. The predicted molar refractivity (Wildman–Crippen MR) is 50.7 cm³/mol. The van der Waals surface area contributed by atoms with Gasteiger partial charge in [-0.15, -0.1) is 0 Å². The van der Waals surface area contributed by atoms with E-state index in [1.807, 2.05) is 0 Å². The molecule has 1 rings (SSSR count). The van der Waals surface area contributed by atoms with E-state index in [0.717, 1.165) is 18.2 Å². The first-order chi connectivity index (χ1) is 6.50. The van der Waals surface area contributed by atoms with Crippen molar-refractivity contribution in [2.45, 2.75) is 0 Å². The Balaban J connectivity index is 3.14. The topological polar surface area (TPSA) is 37.3 Å². The van der Waals surface area contributed by atoms with Crippen LogP contribution in [0.15, 0.2) is 22.7 Å². The summed E-state index contributed by atoms with van der Waals surface area (Å²) < 4.78 is 25.6. The van der Waals surface area contributed by atoms with Gasteiger partial charge in [0.1, 0.15) is 11.6 Å². The molecule has 0 fully saturated rings. The van der Waals surface area contributed by atoms with E-state index in [2.05, 4.69) is 15.9 Å². The number of carboxylic acid groups (broad SMARTS) is 1. The van der Waals surface area contributed by atoms with E-state index in [0.29, 0.717) is 6.07 Å². The Hall–Kier alpha value is -1.23. The Morgan fingerprint density at radius 2 is 2.07 bits per heavy atom. The molecule has 0 unspecified atom stereocenters. The molecule has 0 aliphatic heterocycles. The summed E-state index contributed by atoms with van der Waals surface area (Å²) >= 11 is 2.88. The van der Waals surface area contributed by atoms with E-state index in [1.165, 1.54) is 0 Å². The Bertz CT molecular complexity index is 402. The Morgan fingerprint density at radius 3 is 2.64 bits per heavy atom. The summed E-state index contributed by atoms with van der Waals surface area (Å²) in [6.45, 7) is 0. The van der Waals surface area contributed by atoms with Crippen molar-refractivity contribution in [3.05, 3.63) is 39.9 Å². The van der Waals surface area contributed by atoms with Gasteiger partial charge in [0, 0.05) is 12.1 Å². The van der Waals surface area contributed by atoms with Crippen molar-refractivity contribution in [1.82, 2.24) is 0 Å². The van der Waals surface area contributed by atoms with Crippen LogP contribution in [-0.2, 0) is 4.79 Å². The summed E-state index contributed by atoms with van der Waals surface area (Å²) in [7, 11) is 0. The molecule has 0 amide bonds. The fourth-order valence-corrected chi connectivity index (χ4v) is 1.22. The number of carbonyl (C=O) groups is 1. The second kappa shape index (κ2) is 4.32. The maximum atomic E-state index is 12.9. The van der Waals surface area contributed by atoms with E-state index in [1.54, 1.807) is 0 Å². The number of carboxylic acids is 1. The van der Waals surface area contributed by atoms with Gasteiger partial charge in [-0.2, -0.15) is 0 Å². The normalized spacial score (nSPS) is 10.8. The molecule has 0 aliphatic rings. The lowest BCUT2D eigenvalue weighted by molar-refractivity contribution is -0.131. The fraction of sp³-hybridized carbons (Fsp3) is 0. The van der Waals surface area contributed by atoms with Crippen LogP contribution in [0.5, 0.6) is 0 Å². The van der Waals surface area contributed by atoms with E-state index in [-0.39, 0.29) is 10.0 Å². The van der Waals surface area contributed by atoms with Crippen LogP contribution in [0.1, 0.15) is 5.56 Å². The van der Waals surface area contributed by atoms with Gasteiger partial charge in [-0.05, 0) is 33.6 Å². The summed E-state index contributed by atoms with van der Waals surface area (Å²) in [5.41, 5.74) is 0.143. The summed E-state index contributed by atoms with van der Waals surface area (Å²) in [4.78, 5) is 10.2. The summed E-state index contributed by atoms with van der Waals surface area (Å²) in [5, 5.41) is 8.31. The molecule has 1 aromatic carbocycles. The third-order valence-electron chi connectivity index (χ3n) is 1.43. The Morgan fingerprint density at radius 1 is 1.43 bits per heavy atom. The average Bonchev–Trinajstić information content (AvgIpc) is 2.08. The highest BCUT2D eigenvalue weighted by atomic mass is 79.9. The zero-order valence-electron chi connectivity index (χ0n) is 6.80. The molecule has 2 nitrogen and oxygen atoms in total. The highest BCUT2D eigenvalue weighted by molar-refractivity contribution is 9.10. The second-order valence-electron chi connectivity index (χ2n) is 2.46. The molecule has 0 saturated heterocycles. The minimum Gasteiger partial charge on any atom is -0.478 e. The standard InChI is InChI=1S/C9H5BrF2O2/c10-9-5(1-2-8(13)14)3-6(11)4-7(9)12/h1-4H,(H,13,14)/b2-1+. The van der Waals surface area contributed by atoms with Crippen molar-refractivity contribution >= 4 is 28.0 Å². The average molecular weight is 263 g/mol. The lowest BCUT2D eigenvalue weighted by Crippen LogP contribution is -1.89. The van der Waals surface area contributed by atoms with Gasteiger partial charge in [0.2, 0.25) is 0 Å². The van der Waals surface area contributed by atoms with Gasteiger partial charge in [0.05, 0.1) is 4.47 Å². The first kappa shape index (κ1) is 10.8. The molecule has 0 aliphatic carbocycles. The van der Waals surface area contributed by atoms with Crippen LogP contribution in [0.25, 0.3) is 6.08 Å². The van der Waals surface area contributed by atoms with Crippen molar-refractivity contribution in [1.29, 1.82) is 0 Å². The quantitative estimate of drug-likeness (QED) is 0.658. The van der Waals surface area contributed by atoms with Gasteiger partial charge in [0.15, 0.2) is 0 Å². The van der Waals surface area contributed by atoms with Crippen LogP contribution in [0, 0.1) is 11.6 Å². The minimum atomic E-state index is -1.18. The van der Waals surface area contributed by atoms with Crippen molar-refractivity contribution in [3.8, 4) is 0 Å². The minimum absolute atomic E-state index is 0.0383. The van der Waals surface area contributed by atoms with Gasteiger partial charge in [-0.3, -0.25) is 0 Å². The molecule has 0 spiro atoms. The molecule has 14 heavy (non-hydrogen) atoms. The van der Waals surface area contributed by atoms with E-state index >= 15 is 0 Å². The number of benzene rings is 1. The monoisotopic (exact) mass is 262 g/mol. The van der Waals surface area contributed by atoms with E-state index < -0.39 is 17.6 Å². The predicted octanol–water partition coefficient (Wildman–Crippen LogP) is 2.83. The summed E-state index contributed by atoms with van der Waals surface area (Å²) in [6, 6.07) is 1.74. The lowest BCUT2D eigenvalue weighted by Gasteiger charge is -1.99. The molecule has 74 valence electrons. The van der Waals surface area contributed by atoms with Crippen molar-refractivity contribution in [3.63, 3.8) is 0 Å². The lowest BCUT2D eigenvalue weighted by atomic mass is 10.2. The van der Waals surface area contributed by atoms with Crippen LogP contribution in [0.2, 0.25) is 0 Å². The van der Waals surface area contributed by atoms with Crippen LogP contribution in [-0.4, -0.2) is 11.1 Å². The third-order valence-corrected chi connectivity index (χ3v) is 2.26. The molecule has 0 heterocycles. The second-order valence-corrected chi connectivity index (χ2v) is 3.26. The Labute approximate surface area is 87.0 Å². The molecule has 1 aromatic rings. The van der Waals surface area contributed by atoms with Gasteiger partial charge in [0.25, 0.3) is 0 Å². The zero-order valence-corrected chi connectivity index (χ0v) is 8.38.